The smallest absolute Gasteiger partial charge is 0.179 e. The first kappa shape index (κ1) is 12.5. The van der Waals surface area contributed by atoms with Crippen LogP contribution in [-0.4, -0.2) is 24.9 Å². The van der Waals surface area contributed by atoms with Crippen LogP contribution >= 0.6 is 0 Å². The molecule has 1 heterocycles. The molecule has 1 unspecified atom stereocenters. The molecule has 17 heavy (non-hydrogen) atoms. The van der Waals surface area contributed by atoms with Crippen LogP contribution in [0.3, 0.4) is 0 Å². The molecule has 1 aliphatic heterocycles. The normalized spacial score (nSPS) is 22.5. The van der Waals surface area contributed by atoms with Crippen LogP contribution in [0.1, 0.15) is 31.7 Å². The monoisotopic (exact) mass is 258 g/mol. The maximum absolute atomic E-state index is 13.7. The van der Waals surface area contributed by atoms with E-state index in [-0.39, 0.29) is 22.6 Å². The van der Waals surface area contributed by atoms with E-state index in [1.807, 2.05) is 0 Å². The van der Waals surface area contributed by atoms with E-state index in [9.17, 15) is 17.9 Å². The molecule has 0 saturated heterocycles. The van der Waals surface area contributed by atoms with Gasteiger partial charge in [0.2, 0.25) is 0 Å². The van der Waals surface area contributed by atoms with Crippen molar-refractivity contribution in [3.8, 4) is 0 Å². The summed E-state index contributed by atoms with van der Waals surface area (Å²) in [5.41, 5.74) is -0.779. The zero-order valence-corrected chi connectivity index (χ0v) is 10.6. The van der Waals surface area contributed by atoms with Gasteiger partial charge >= 0.3 is 0 Å². The number of rotatable bonds is 2. The zero-order chi connectivity index (χ0) is 12.8. The largest absolute Gasteiger partial charge is 0.390 e. The van der Waals surface area contributed by atoms with Crippen LogP contribution in [0.2, 0.25) is 0 Å². The molecular weight excluding hydrogens is 243 g/mol. The highest BCUT2D eigenvalue weighted by Gasteiger charge is 2.38. The zero-order valence-electron chi connectivity index (χ0n) is 9.77. The van der Waals surface area contributed by atoms with E-state index in [1.54, 1.807) is 13.8 Å². The molecule has 0 saturated carbocycles. The minimum atomic E-state index is -3.40. The fourth-order valence-electron chi connectivity index (χ4n) is 2.39. The molecule has 0 fully saturated rings. The number of fused-ring (bicyclic) bond motifs is 1. The third-order valence-corrected chi connectivity index (χ3v) is 4.79. The highest BCUT2D eigenvalue weighted by molar-refractivity contribution is 7.91. The molecule has 0 spiro atoms. The Labute approximate surface area is 100 Å². The van der Waals surface area contributed by atoms with Gasteiger partial charge in [-0.25, -0.2) is 12.8 Å². The summed E-state index contributed by atoms with van der Waals surface area (Å²) in [5.74, 6) is -1.08. The van der Waals surface area contributed by atoms with E-state index in [0.29, 0.717) is 0 Å². The lowest BCUT2D eigenvalue weighted by molar-refractivity contribution is 0.0649. The molecule has 3 nitrogen and oxygen atoms in total. The van der Waals surface area contributed by atoms with Gasteiger partial charge in [0.1, 0.15) is 5.82 Å². The Morgan fingerprint density at radius 1 is 1.47 bits per heavy atom. The molecule has 94 valence electrons. The average molecular weight is 258 g/mol. The van der Waals surface area contributed by atoms with Crippen LogP contribution < -0.4 is 0 Å². The maximum atomic E-state index is 13.7. The Morgan fingerprint density at radius 3 is 2.71 bits per heavy atom. The van der Waals surface area contributed by atoms with E-state index in [1.165, 1.54) is 18.2 Å². The van der Waals surface area contributed by atoms with Gasteiger partial charge in [-0.05, 0) is 32.4 Å². The Kier molecular flexibility index (Phi) is 2.78. The van der Waals surface area contributed by atoms with Crippen molar-refractivity contribution in [2.45, 2.75) is 36.7 Å². The lowest BCUT2D eigenvalue weighted by atomic mass is 9.89. The standard InChI is InChI=1S/C12H15FO3S/c1-12(2,14)6-8-7-17(15,16)10-5-3-4-9(13)11(8)10/h3-5,8,14H,6-7H2,1-2H3. The highest BCUT2D eigenvalue weighted by atomic mass is 32.2. The summed E-state index contributed by atoms with van der Waals surface area (Å²) in [6.07, 6.45) is 0.236. The summed E-state index contributed by atoms with van der Waals surface area (Å²) in [4.78, 5) is 0.0757. The summed E-state index contributed by atoms with van der Waals surface area (Å²) in [7, 11) is -3.40. The Morgan fingerprint density at radius 2 is 2.12 bits per heavy atom. The van der Waals surface area contributed by atoms with Gasteiger partial charge in [0.15, 0.2) is 9.84 Å². The molecule has 0 bridgehead atoms. The molecule has 0 radical (unpaired) electrons. The number of hydrogen-bond acceptors (Lipinski definition) is 3. The van der Waals surface area contributed by atoms with Gasteiger partial charge in [-0.15, -0.1) is 0 Å². The molecule has 1 aromatic carbocycles. The molecule has 1 atom stereocenters. The third-order valence-electron chi connectivity index (χ3n) is 2.92. The van der Waals surface area contributed by atoms with Crippen LogP contribution in [0.4, 0.5) is 4.39 Å². The summed E-state index contributed by atoms with van der Waals surface area (Å²) in [6.45, 7) is 3.19. The summed E-state index contributed by atoms with van der Waals surface area (Å²) in [5, 5.41) is 9.75. The van der Waals surface area contributed by atoms with Crippen molar-refractivity contribution in [3.63, 3.8) is 0 Å². The SMILES string of the molecule is CC(C)(O)CC1CS(=O)(=O)c2cccc(F)c21. The van der Waals surface area contributed by atoms with Crippen molar-refractivity contribution < 1.29 is 17.9 Å². The van der Waals surface area contributed by atoms with Gasteiger partial charge in [0.25, 0.3) is 0 Å². The fraction of sp³-hybridized carbons (Fsp3) is 0.500. The lowest BCUT2D eigenvalue weighted by Gasteiger charge is -2.21. The number of hydrogen-bond donors (Lipinski definition) is 1. The fourth-order valence-corrected chi connectivity index (χ4v) is 4.27. The van der Waals surface area contributed by atoms with Crippen molar-refractivity contribution in [1.29, 1.82) is 0 Å². The topological polar surface area (TPSA) is 54.4 Å². The van der Waals surface area contributed by atoms with Crippen LogP contribution in [0, 0.1) is 5.82 Å². The first-order valence-electron chi connectivity index (χ1n) is 5.44. The molecule has 1 aromatic rings. The molecule has 1 aliphatic rings. The predicted octanol–water partition coefficient (Wildman–Crippen LogP) is 1.86. The quantitative estimate of drug-likeness (QED) is 0.881. The van der Waals surface area contributed by atoms with Gasteiger partial charge in [0, 0.05) is 11.5 Å². The molecule has 1 N–H and O–H groups in total. The summed E-state index contributed by atoms with van der Waals surface area (Å²) in [6, 6.07) is 4.09. The minimum absolute atomic E-state index is 0.0757. The van der Waals surface area contributed by atoms with Gasteiger partial charge in [0.05, 0.1) is 16.2 Å². The van der Waals surface area contributed by atoms with Crippen LogP contribution in [0.5, 0.6) is 0 Å². The molecule has 0 amide bonds. The Hall–Kier alpha value is -0.940. The lowest BCUT2D eigenvalue weighted by Crippen LogP contribution is -2.23. The maximum Gasteiger partial charge on any atom is 0.179 e. The van der Waals surface area contributed by atoms with E-state index in [2.05, 4.69) is 0 Å². The van der Waals surface area contributed by atoms with Gasteiger partial charge in [-0.2, -0.15) is 0 Å². The van der Waals surface area contributed by atoms with E-state index < -0.39 is 27.2 Å². The number of sulfone groups is 1. The number of halogens is 1. The Balaban J connectivity index is 2.51. The first-order valence-corrected chi connectivity index (χ1v) is 7.09. The van der Waals surface area contributed by atoms with Crippen molar-refractivity contribution in [2.75, 3.05) is 5.75 Å². The minimum Gasteiger partial charge on any atom is -0.390 e. The molecular formula is C12H15FO3S. The first-order chi connectivity index (χ1) is 7.71. The van der Waals surface area contributed by atoms with Gasteiger partial charge in [-0.3, -0.25) is 0 Å². The summed E-state index contributed by atoms with van der Waals surface area (Å²) < 4.78 is 37.4. The second-order valence-corrected chi connectivity index (χ2v) is 7.15. The van der Waals surface area contributed by atoms with Gasteiger partial charge < -0.3 is 5.11 Å². The number of benzene rings is 1. The van der Waals surface area contributed by atoms with Crippen LogP contribution in [-0.2, 0) is 9.84 Å². The third kappa shape index (κ3) is 2.35. The average Bonchev–Trinajstić information content (AvgIpc) is 2.36. The van der Waals surface area contributed by atoms with Gasteiger partial charge in [-0.1, -0.05) is 6.07 Å². The Bertz CT molecular complexity index is 543. The van der Waals surface area contributed by atoms with E-state index >= 15 is 0 Å². The van der Waals surface area contributed by atoms with E-state index in [0.717, 1.165) is 0 Å². The van der Waals surface area contributed by atoms with Crippen LogP contribution in [0.25, 0.3) is 0 Å². The van der Waals surface area contributed by atoms with E-state index in [4.69, 9.17) is 0 Å². The van der Waals surface area contributed by atoms with Crippen molar-refractivity contribution in [2.24, 2.45) is 0 Å². The predicted molar refractivity (Wildman–Crippen MR) is 62.1 cm³/mol. The van der Waals surface area contributed by atoms with Crippen LogP contribution in [0.15, 0.2) is 23.1 Å². The second kappa shape index (κ2) is 3.78. The van der Waals surface area contributed by atoms with Crippen molar-refractivity contribution >= 4 is 9.84 Å². The molecule has 0 aromatic heterocycles. The summed E-state index contributed by atoms with van der Waals surface area (Å²) >= 11 is 0. The second-order valence-electron chi connectivity index (χ2n) is 5.15. The van der Waals surface area contributed by atoms with Crippen molar-refractivity contribution in [1.82, 2.24) is 0 Å². The number of aliphatic hydroxyl groups is 1. The molecule has 2 rings (SSSR count). The molecule has 0 aliphatic carbocycles. The molecule has 5 heteroatoms. The highest BCUT2D eigenvalue weighted by Crippen LogP contribution is 2.40. The van der Waals surface area contributed by atoms with Crippen molar-refractivity contribution in [3.05, 3.63) is 29.6 Å².